The van der Waals surface area contributed by atoms with Crippen molar-refractivity contribution in [2.45, 2.75) is 33.2 Å². The molecule has 0 saturated carbocycles. The zero-order valence-corrected chi connectivity index (χ0v) is 15.7. The molecule has 2 aromatic carbocycles. The molecule has 0 fully saturated rings. The van der Waals surface area contributed by atoms with E-state index in [9.17, 15) is 9.59 Å². The van der Waals surface area contributed by atoms with Gasteiger partial charge in [0.15, 0.2) is 18.1 Å². The molecule has 0 saturated heterocycles. The van der Waals surface area contributed by atoms with E-state index in [1.807, 2.05) is 57.2 Å². The van der Waals surface area contributed by atoms with E-state index in [0.717, 1.165) is 16.7 Å². The molecule has 2 aromatic rings. The van der Waals surface area contributed by atoms with Crippen molar-refractivity contribution in [3.8, 4) is 11.5 Å². The average Bonchev–Trinajstić information content (AvgIpc) is 3.11. The summed E-state index contributed by atoms with van der Waals surface area (Å²) in [6.45, 7) is 5.76. The third kappa shape index (κ3) is 4.78. The van der Waals surface area contributed by atoms with Crippen LogP contribution in [0.4, 0.5) is 0 Å². The second-order valence-corrected chi connectivity index (χ2v) is 6.66. The molecule has 1 N–H and O–H groups in total. The van der Waals surface area contributed by atoms with Crippen LogP contribution >= 0.6 is 0 Å². The van der Waals surface area contributed by atoms with Gasteiger partial charge in [0.2, 0.25) is 6.79 Å². The highest BCUT2D eigenvalue weighted by atomic mass is 16.7. The van der Waals surface area contributed by atoms with E-state index in [1.165, 1.54) is 5.56 Å². The van der Waals surface area contributed by atoms with Crippen LogP contribution in [-0.2, 0) is 20.7 Å². The van der Waals surface area contributed by atoms with Gasteiger partial charge >= 0.3 is 5.97 Å². The monoisotopic (exact) mass is 369 g/mol. The highest BCUT2D eigenvalue weighted by Crippen LogP contribution is 2.34. The van der Waals surface area contributed by atoms with Gasteiger partial charge in [-0.05, 0) is 55.2 Å². The van der Waals surface area contributed by atoms with Crippen LogP contribution in [0.2, 0.25) is 0 Å². The van der Waals surface area contributed by atoms with E-state index in [4.69, 9.17) is 14.2 Å². The molecule has 1 heterocycles. The Morgan fingerprint density at radius 3 is 2.63 bits per heavy atom. The number of carbonyl (C=O) groups excluding carboxylic acids is 2. The summed E-state index contributed by atoms with van der Waals surface area (Å²) in [6.07, 6.45) is 0.145. The molecule has 0 aromatic heterocycles. The normalized spacial score (nSPS) is 13.1. The van der Waals surface area contributed by atoms with Crippen molar-refractivity contribution in [2.24, 2.45) is 0 Å². The fourth-order valence-corrected chi connectivity index (χ4v) is 2.83. The van der Waals surface area contributed by atoms with Gasteiger partial charge in [0, 0.05) is 0 Å². The Labute approximate surface area is 158 Å². The smallest absolute Gasteiger partial charge is 0.310 e. The number of ether oxygens (including phenoxy) is 3. The van der Waals surface area contributed by atoms with Gasteiger partial charge in [-0.2, -0.15) is 0 Å². The van der Waals surface area contributed by atoms with Gasteiger partial charge in [0.25, 0.3) is 5.91 Å². The van der Waals surface area contributed by atoms with E-state index in [2.05, 4.69) is 5.32 Å². The second-order valence-electron chi connectivity index (χ2n) is 6.66. The Hall–Kier alpha value is -3.02. The molecule has 6 heteroatoms. The van der Waals surface area contributed by atoms with Gasteiger partial charge in [0.05, 0.1) is 12.5 Å². The maximum absolute atomic E-state index is 12.1. The van der Waals surface area contributed by atoms with Crippen molar-refractivity contribution in [3.05, 3.63) is 58.7 Å². The lowest BCUT2D eigenvalue weighted by Crippen LogP contribution is -2.31. The van der Waals surface area contributed by atoms with E-state index < -0.39 is 5.97 Å². The molecule has 0 spiro atoms. The number of hydrogen-bond donors (Lipinski definition) is 1. The van der Waals surface area contributed by atoms with Crippen LogP contribution in [0.25, 0.3) is 0 Å². The summed E-state index contributed by atoms with van der Waals surface area (Å²) in [6, 6.07) is 11.1. The highest BCUT2D eigenvalue weighted by Gasteiger charge is 2.17. The molecule has 0 radical (unpaired) electrons. The van der Waals surface area contributed by atoms with Crippen molar-refractivity contribution in [1.82, 2.24) is 5.32 Å². The molecule has 1 aliphatic heterocycles. The molecule has 1 atom stereocenters. The minimum Gasteiger partial charge on any atom is -0.455 e. The lowest BCUT2D eigenvalue weighted by Gasteiger charge is -2.15. The minimum absolute atomic E-state index is 0.145. The molecule has 0 aliphatic carbocycles. The molecule has 1 aliphatic rings. The number of nitrogens with one attached hydrogen (secondary N) is 1. The first-order chi connectivity index (χ1) is 12.9. The SMILES string of the molecule is Cc1ccc(CC(=O)OCC(=O)N[C@@H](C)c2ccc3c(c2)OCO3)cc1C. The number of rotatable bonds is 6. The predicted molar refractivity (Wildman–Crippen MR) is 99.7 cm³/mol. The molecule has 6 nitrogen and oxygen atoms in total. The van der Waals surface area contributed by atoms with Gasteiger partial charge in [-0.1, -0.05) is 24.3 Å². The van der Waals surface area contributed by atoms with Crippen LogP contribution in [0.3, 0.4) is 0 Å². The first-order valence-corrected chi connectivity index (χ1v) is 8.83. The van der Waals surface area contributed by atoms with Crippen molar-refractivity contribution in [1.29, 1.82) is 0 Å². The summed E-state index contributed by atoms with van der Waals surface area (Å²) in [7, 11) is 0. The zero-order valence-electron chi connectivity index (χ0n) is 15.7. The van der Waals surface area contributed by atoms with Crippen LogP contribution in [0, 0.1) is 13.8 Å². The quantitative estimate of drug-likeness (QED) is 0.793. The molecule has 1 amide bonds. The summed E-state index contributed by atoms with van der Waals surface area (Å²) < 4.78 is 15.7. The minimum atomic E-state index is -0.427. The van der Waals surface area contributed by atoms with Crippen molar-refractivity contribution in [2.75, 3.05) is 13.4 Å². The fraction of sp³-hybridized carbons (Fsp3) is 0.333. The van der Waals surface area contributed by atoms with Crippen molar-refractivity contribution in [3.63, 3.8) is 0 Å². The number of aryl methyl sites for hydroxylation is 2. The largest absolute Gasteiger partial charge is 0.455 e. The highest BCUT2D eigenvalue weighted by molar-refractivity contribution is 5.81. The number of hydrogen-bond acceptors (Lipinski definition) is 5. The summed E-state index contributed by atoms with van der Waals surface area (Å²) >= 11 is 0. The van der Waals surface area contributed by atoms with Gasteiger partial charge in [0.1, 0.15) is 0 Å². The summed E-state index contributed by atoms with van der Waals surface area (Å²) in [5.74, 6) is 0.573. The van der Waals surface area contributed by atoms with Crippen LogP contribution in [0.5, 0.6) is 11.5 Å². The molecular formula is C21H23NO5. The Balaban J connectivity index is 1.47. The Kier molecular flexibility index (Phi) is 5.64. The number of carbonyl (C=O) groups is 2. The Morgan fingerprint density at radius 1 is 1.07 bits per heavy atom. The van der Waals surface area contributed by atoms with E-state index >= 15 is 0 Å². The number of fused-ring (bicyclic) bond motifs is 1. The number of benzene rings is 2. The Morgan fingerprint density at radius 2 is 1.85 bits per heavy atom. The first kappa shape index (κ1) is 18.8. The van der Waals surface area contributed by atoms with Crippen LogP contribution < -0.4 is 14.8 Å². The summed E-state index contributed by atoms with van der Waals surface area (Å²) in [5.41, 5.74) is 4.05. The summed E-state index contributed by atoms with van der Waals surface area (Å²) in [5, 5.41) is 2.81. The molecule has 0 unspecified atom stereocenters. The zero-order chi connectivity index (χ0) is 19.4. The van der Waals surface area contributed by atoms with Crippen LogP contribution in [-0.4, -0.2) is 25.3 Å². The van der Waals surface area contributed by atoms with Gasteiger partial charge < -0.3 is 19.5 Å². The number of esters is 1. The van der Waals surface area contributed by atoms with E-state index in [1.54, 1.807) is 0 Å². The summed E-state index contributed by atoms with van der Waals surface area (Å²) in [4.78, 5) is 24.0. The third-order valence-corrected chi connectivity index (χ3v) is 4.56. The Bertz CT molecular complexity index is 862. The lowest BCUT2D eigenvalue weighted by atomic mass is 10.0. The molecule has 3 rings (SSSR count). The number of amides is 1. The lowest BCUT2D eigenvalue weighted by molar-refractivity contribution is -0.148. The van der Waals surface area contributed by atoms with E-state index in [-0.39, 0.29) is 31.8 Å². The van der Waals surface area contributed by atoms with Gasteiger partial charge in [-0.15, -0.1) is 0 Å². The molecule has 0 bridgehead atoms. The maximum Gasteiger partial charge on any atom is 0.310 e. The standard InChI is InChI=1S/C21H23NO5/c1-13-4-5-16(8-14(13)2)9-21(24)25-11-20(23)22-15(3)17-6-7-18-19(10-17)27-12-26-18/h4-8,10,15H,9,11-12H2,1-3H3,(H,22,23)/t15-/m0/s1. The van der Waals surface area contributed by atoms with Gasteiger partial charge in [-0.25, -0.2) is 0 Å². The average molecular weight is 369 g/mol. The third-order valence-electron chi connectivity index (χ3n) is 4.56. The van der Waals surface area contributed by atoms with Crippen molar-refractivity contribution >= 4 is 11.9 Å². The van der Waals surface area contributed by atoms with Crippen LogP contribution in [0.1, 0.15) is 35.2 Å². The first-order valence-electron chi connectivity index (χ1n) is 8.83. The predicted octanol–water partition coefficient (Wildman–Crippen LogP) is 3.00. The molecular weight excluding hydrogens is 346 g/mol. The van der Waals surface area contributed by atoms with Crippen LogP contribution in [0.15, 0.2) is 36.4 Å². The molecule has 142 valence electrons. The van der Waals surface area contributed by atoms with E-state index in [0.29, 0.717) is 11.5 Å². The van der Waals surface area contributed by atoms with Crippen molar-refractivity contribution < 1.29 is 23.8 Å². The molecule has 27 heavy (non-hydrogen) atoms. The second kappa shape index (κ2) is 8.12. The van der Waals surface area contributed by atoms with Gasteiger partial charge in [-0.3, -0.25) is 9.59 Å². The fourth-order valence-electron chi connectivity index (χ4n) is 2.83. The maximum atomic E-state index is 12.1. The topological polar surface area (TPSA) is 73.9 Å².